The molecular weight excluding hydrogens is 222 g/mol. The number of likely N-dealkylation sites (N-methyl/N-ethyl adjacent to an activating group) is 1. The molecule has 102 valence electrons. The first kappa shape index (κ1) is 16.4. The highest BCUT2D eigenvalue weighted by Crippen LogP contribution is 2.14. The van der Waals surface area contributed by atoms with Crippen LogP contribution in [0.5, 0.6) is 0 Å². The second-order valence-electron chi connectivity index (χ2n) is 4.71. The Labute approximate surface area is 104 Å². The molecule has 1 N–H and O–H groups in total. The second-order valence-corrected chi connectivity index (χ2v) is 4.71. The predicted octanol–water partition coefficient (Wildman–Crippen LogP) is 0.828. The van der Waals surface area contributed by atoms with Crippen molar-refractivity contribution >= 4 is 5.97 Å². The lowest BCUT2D eigenvalue weighted by Crippen LogP contribution is -2.24. The first-order chi connectivity index (χ1) is 7.98. The number of esters is 1. The number of ether oxygens (including phenoxy) is 3. The fourth-order valence-corrected chi connectivity index (χ4v) is 0.906. The van der Waals surface area contributed by atoms with Crippen LogP contribution in [0.25, 0.3) is 0 Å². The van der Waals surface area contributed by atoms with Crippen molar-refractivity contribution in [1.82, 2.24) is 5.32 Å². The van der Waals surface area contributed by atoms with Crippen molar-refractivity contribution < 1.29 is 19.0 Å². The fourth-order valence-electron chi connectivity index (χ4n) is 0.906. The van der Waals surface area contributed by atoms with E-state index in [1.165, 1.54) is 0 Å². The lowest BCUT2D eigenvalue weighted by atomic mass is 9.97. The van der Waals surface area contributed by atoms with Crippen LogP contribution in [0.15, 0.2) is 0 Å². The molecule has 0 rings (SSSR count). The largest absolute Gasteiger partial charge is 0.463 e. The quantitative estimate of drug-likeness (QED) is 0.483. The summed E-state index contributed by atoms with van der Waals surface area (Å²) >= 11 is 0. The van der Waals surface area contributed by atoms with Gasteiger partial charge in [0.05, 0.1) is 31.8 Å². The highest BCUT2D eigenvalue weighted by molar-refractivity contribution is 5.75. The second kappa shape index (κ2) is 9.39. The molecule has 0 aliphatic carbocycles. The first-order valence-electron chi connectivity index (χ1n) is 5.96. The molecule has 0 amide bonds. The van der Waals surface area contributed by atoms with Gasteiger partial charge in [0.15, 0.2) is 0 Å². The van der Waals surface area contributed by atoms with Crippen LogP contribution in [-0.4, -0.2) is 52.6 Å². The molecule has 0 bridgehead atoms. The van der Waals surface area contributed by atoms with E-state index in [2.05, 4.69) is 5.32 Å². The van der Waals surface area contributed by atoms with Gasteiger partial charge < -0.3 is 19.5 Å². The molecule has 5 nitrogen and oxygen atoms in total. The van der Waals surface area contributed by atoms with E-state index in [0.717, 1.165) is 6.54 Å². The molecule has 0 heterocycles. The molecule has 17 heavy (non-hydrogen) atoms. The Kier molecular flexibility index (Phi) is 9.03. The summed E-state index contributed by atoms with van der Waals surface area (Å²) in [6.45, 7) is 8.79. The summed E-state index contributed by atoms with van der Waals surface area (Å²) in [5.41, 5.74) is -0.448. The molecule has 0 atom stereocenters. The molecule has 5 heteroatoms. The van der Waals surface area contributed by atoms with Crippen molar-refractivity contribution in [1.29, 1.82) is 0 Å². The Balaban J connectivity index is 3.22. The zero-order valence-corrected chi connectivity index (χ0v) is 11.4. The maximum absolute atomic E-state index is 11.4. The number of carbonyl (C=O) groups is 1. The Bertz CT molecular complexity index is 201. The molecule has 0 fully saturated rings. The number of carbonyl (C=O) groups excluding carboxylic acids is 1. The average Bonchev–Trinajstić information content (AvgIpc) is 2.25. The number of hydrogen-bond acceptors (Lipinski definition) is 5. The lowest BCUT2D eigenvalue weighted by molar-refractivity contribution is -0.154. The van der Waals surface area contributed by atoms with E-state index in [9.17, 15) is 4.79 Å². The zero-order chi connectivity index (χ0) is 13.1. The molecule has 0 aliphatic heterocycles. The van der Waals surface area contributed by atoms with Gasteiger partial charge in [-0.25, -0.2) is 0 Å². The third-order valence-corrected chi connectivity index (χ3v) is 1.94. The van der Waals surface area contributed by atoms with Crippen molar-refractivity contribution in [2.75, 3.05) is 46.6 Å². The van der Waals surface area contributed by atoms with Crippen LogP contribution in [0.4, 0.5) is 0 Å². The summed E-state index contributed by atoms with van der Waals surface area (Å²) in [5.74, 6) is -0.202. The standard InChI is InChI=1S/C12H25NO4/c1-12(2,3)11(14)17-10-9-16-8-7-15-6-5-13-4/h13H,5-10H2,1-4H3. The van der Waals surface area contributed by atoms with Crippen molar-refractivity contribution in [3.05, 3.63) is 0 Å². The molecule has 0 aromatic rings. The maximum atomic E-state index is 11.4. The normalized spacial score (nSPS) is 11.5. The van der Waals surface area contributed by atoms with Crippen molar-refractivity contribution in [3.63, 3.8) is 0 Å². The van der Waals surface area contributed by atoms with Crippen molar-refractivity contribution in [2.45, 2.75) is 20.8 Å². The Morgan fingerprint density at radius 1 is 1.00 bits per heavy atom. The Hall–Kier alpha value is -0.650. The van der Waals surface area contributed by atoms with Gasteiger partial charge in [0.25, 0.3) is 0 Å². The van der Waals surface area contributed by atoms with Gasteiger partial charge in [0.2, 0.25) is 0 Å². The molecule has 0 aromatic heterocycles. The summed E-state index contributed by atoms with van der Waals surface area (Å²) in [6, 6.07) is 0. The van der Waals surface area contributed by atoms with Gasteiger partial charge in [0.1, 0.15) is 6.61 Å². The van der Waals surface area contributed by atoms with E-state index >= 15 is 0 Å². The van der Waals surface area contributed by atoms with E-state index in [1.807, 2.05) is 27.8 Å². The summed E-state index contributed by atoms with van der Waals surface area (Å²) in [6.07, 6.45) is 0. The van der Waals surface area contributed by atoms with Crippen molar-refractivity contribution in [2.24, 2.45) is 5.41 Å². The number of hydrogen-bond donors (Lipinski definition) is 1. The SMILES string of the molecule is CNCCOCCOCCOC(=O)C(C)(C)C. The van der Waals surface area contributed by atoms with Crippen LogP contribution in [0.1, 0.15) is 20.8 Å². The van der Waals surface area contributed by atoms with Crippen LogP contribution >= 0.6 is 0 Å². The van der Waals surface area contributed by atoms with Gasteiger partial charge in [-0.3, -0.25) is 4.79 Å². The maximum Gasteiger partial charge on any atom is 0.311 e. The van der Waals surface area contributed by atoms with E-state index < -0.39 is 5.41 Å². The molecule has 0 aromatic carbocycles. The van der Waals surface area contributed by atoms with Crippen LogP contribution in [0.2, 0.25) is 0 Å². The van der Waals surface area contributed by atoms with Gasteiger partial charge in [0, 0.05) is 6.54 Å². The van der Waals surface area contributed by atoms with E-state index in [4.69, 9.17) is 14.2 Å². The number of rotatable bonds is 9. The van der Waals surface area contributed by atoms with E-state index in [0.29, 0.717) is 33.0 Å². The van der Waals surface area contributed by atoms with Gasteiger partial charge in [-0.15, -0.1) is 0 Å². The minimum atomic E-state index is -0.448. The predicted molar refractivity (Wildman–Crippen MR) is 66.0 cm³/mol. The topological polar surface area (TPSA) is 56.8 Å². The molecular formula is C12H25NO4. The summed E-state index contributed by atoms with van der Waals surface area (Å²) < 4.78 is 15.6. The minimum Gasteiger partial charge on any atom is -0.463 e. The van der Waals surface area contributed by atoms with Crippen LogP contribution < -0.4 is 5.32 Å². The molecule has 0 spiro atoms. The summed E-state index contributed by atoms with van der Waals surface area (Å²) in [5, 5.41) is 2.98. The highest BCUT2D eigenvalue weighted by atomic mass is 16.6. The molecule has 0 saturated heterocycles. The van der Waals surface area contributed by atoms with Crippen LogP contribution in [0, 0.1) is 5.41 Å². The van der Waals surface area contributed by atoms with E-state index in [-0.39, 0.29) is 5.97 Å². The van der Waals surface area contributed by atoms with Crippen molar-refractivity contribution in [3.8, 4) is 0 Å². The average molecular weight is 247 g/mol. The van der Waals surface area contributed by atoms with E-state index in [1.54, 1.807) is 0 Å². The highest BCUT2D eigenvalue weighted by Gasteiger charge is 2.22. The smallest absolute Gasteiger partial charge is 0.311 e. The monoisotopic (exact) mass is 247 g/mol. The van der Waals surface area contributed by atoms with Gasteiger partial charge >= 0.3 is 5.97 Å². The minimum absolute atomic E-state index is 0.202. The van der Waals surface area contributed by atoms with Gasteiger partial charge in [-0.1, -0.05) is 0 Å². The zero-order valence-electron chi connectivity index (χ0n) is 11.4. The molecule has 0 saturated carbocycles. The van der Waals surface area contributed by atoms with Crippen LogP contribution in [-0.2, 0) is 19.0 Å². The lowest BCUT2D eigenvalue weighted by Gasteiger charge is -2.16. The first-order valence-corrected chi connectivity index (χ1v) is 5.96. The third kappa shape index (κ3) is 10.2. The molecule has 0 radical (unpaired) electrons. The van der Waals surface area contributed by atoms with Gasteiger partial charge in [-0.05, 0) is 27.8 Å². The molecule has 0 unspecified atom stereocenters. The van der Waals surface area contributed by atoms with Crippen LogP contribution in [0.3, 0.4) is 0 Å². The van der Waals surface area contributed by atoms with Gasteiger partial charge in [-0.2, -0.15) is 0 Å². The fraction of sp³-hybridized carbons (Fsp3) is 0.917. The summed E-state index contributed by atoms with van der Waals surface area (Å²) in [4.78, 5) is 11.4. The third-order valence-electron chi connectivity index (χ3n) is 1.94. The Morgan fingerprint density at radius 3 is 2.06 bits per heavy atom. The number of nitrogens with one attached hydrogen (secondary N) is 1. The summed E-state index contributed by atoms with van der Waals surface area (Å²) in [7, 11) is 1.88. The molecule has 0 aliphatic rings. The Morgan fingerprint density at radius 2 is 1.53 bits per heavy atom.